The zero-order chi connectivity index (χ0) is 16.4. The Bertz CT molecular complexity index is 641. The number of carbonyl (C=O) groups excluding carboxylic acids is 1. The van der Waals surface area contributed by atoms with E-state index in [0.29, 0.717) is 31.5 Å². The van der Waals surface area contributed by atoms with Gasteiger partial charge in [0.25, 0.3) is 15.9 Å². The van der Waals surface area contributed by atoms with Crippen LogP contribution in [-0.4, -0.2) is 55.1 Å². The van der Waals surface area contributed by atoms with E-state index >= 15 is 0 Å². The molecule has 1 fully saturated rings. The van der Waals surface area contributed by atoms with Crippen molar-refractivity contribution in [3.05, 3.63) is 23.9 Å². The monoisotopic (exact) mass is 327 g/mol. The van der Waals surface area contributed by atoms with Crippen LogP contribution in [-0.2, 0) is 10.0 Å². The van der Waals surface area contributed by atoms with Crippen molar-refractivity contribution in [3.63, 3.8) is 0 Å². The number of rotatable bonds is 3. The van der Waals surface area contributed by atoms with Crippen LogP contribution in [0.5, 0.6) is 0 Å². The second kappa shape index (κ2) is 6.31. The minimum absolute atomic E-state index is 0.120. The van der Waals surface area contributed by atoms with E-state index < -0.39 is 15.6 Å². The predicted molar refractivity (Wildman–Crippen MR) is 80.9 cm³/mol. The number of pyridine rings is 1. The molecule has 2 N–H and O–H groups in total. The number of aliphatic hydroxyl groups is 1. The summed E-state index contributed by atoms with van der Waals surface area (Å²) < 4.78 is 25.4. The van der Waals surface area contributed by atoms with Gasteiger partial charge in [-0.3, -0.25) is 4.79 Å². The fourth-order valence-corrected chi connectivity index (χ4v) is 3.07. The van der Waals surface area contributed by atoms with Crippen molar-refractivity contribution < 1.29 is 18.3 Å². The Morgan fingerprint density at radius 1 is 1.36 bits per heavy atom. The molecule has 1 aliphatic rings. The standard InChI is InChI=1S/C14H21N3O4S/c1-14(19)6-3-8-17(9-7-14)13(18)11-4-5-12(16-10-11)22(20,21)15-2/h4-5,10,15,19H,3,6-9H2,1-2H3. The number of sulfonamides is 1. The van der Waals surface area contributed by atoms with E-state index in [9.17, 15) is 18.3 Å². The van der Waals surface area contributed by atoms with Gasteiger partial charge in [-0.15, -0.1) is 0 Å². The Morgan fingerprint density at radius 2 is 2.09 bits per heavy atom. The number of nitrogens with zero attached hydrogens (tertiary/aromatic N) is 2. The van der Waals surface area contributed by atoms with Crippen LogP contribution in [0.2, 0.25) is 0 Å². The summed E-state index contributed by atoms with van der Waals surface area (Å²) in [6.45, 7) is 2.83. The number of carbonyl (C=O) groups is 1. The lowest BCUT2D eigenvalue weighted by molar-refractivity contribution is 0.0438. The molecule has 1 amide bonds. The summed E-state index contributed by atoms with van der Waals surface area (Å²) in [6, 6.07) is 2.77. The van der Waals surface area contributed by atoms with Gasteiger partial charge in [-0.1, -0.05) is 0 Å². The van der Waals surface area contributed by atoms with Gasteiger partial charge >= 0.3 is 0 Å². The maximum atomic E-state index is 12.4. The molecule has 0 aromatic carbocycles. The quantitative estimate of drug-likeness (QED) is 0.835. The Balaban J connectivity index is 2.13. The van der Waals surface area contributed by atoms with Gasteiger partial charge in [-0.25, -0.2) is 18.1 Å². The molecule has 7 nitrogen and oxygen atoms in total. The van der Waals surface area contributed by atoms with E-state index in [1.807, 2.05) is 0 Å². The number of likely N-dealkylation sites (tertiary alicyclic amines) is 1. The maximum absolute atomic E-state index is 12.4. The lowest BCUT2D eigenvalue weighted by atomic mass is 9.98. The number of amides is 1. The van der Waals surface area contributed by atoms with Crippen LogP contribution in [0.15, 0.2) is 23.4 Å². The molecule has 1 saturated heterocycles. The molecule has 8 heteroatoms. The summed E-state index contributed by atoms with van der Waals surface area (Å²) in [4.78, 5) is 17.9. The van der Waals surface area contributed by atoms with Gasteiger partial charge in [0.1, 0.15) is 0 Å². The minimum atomic E-state index is -3.61. The molecule has 122 valence electrons. The summed E-state index contributed by atoms with van der Waals surface area (Å²) in [5, 5.41) is 9.93. The molecule has 1 aromatic heterocycles. The molecule has 0 saturated carbocycles. The highest BCUT2D eigenvalue weighted by atomic mass is 32.2. The van der Waals surface area contributed by atoms with Crippen molar-refractivity contribution in [2.24, 2.45) is 0 Å². The maximum Gasteiger partial charge on any atom is 0.257 e. The van der Waals surface area contributed by atoms with E-state index in [2.05, 4.69) is 9.71 Å². The van der Waals surface area contributed by atoms with Crippen LogP contribution in [0.4, 0.5) is 0 Å². The van der Waals surface area contributed by atoms with E-state index in [1.165, 1.54) is 25.4 Å². The Morgan fingerprint density at radius 3 is 2.68 bits per heavy atom. The van der Waals surface area contributed by atoms with Crippen LogP contribution >= 0.6 is 0 Å². The highest BCUT2D eigenvalue weighted by Gasteiger charge is 2.27. The first-order valence-corrected chi connectivity index (χ1v) is 8.65. The van der Waals surface area contributed by atoms with Crippen LogP contribution in [0.3, 0.4) is 0 Å². The fourth-order valence-electron chi connectivity index (χ4n) is 2.42. The summed E-state index contributed by atoms with van der Waals surface area (Å²) in [5.41, 5.74) is -0.394. The van der Waals surface area contributed by atoms with Gasteiger partial charge in [0.2, 0.25) is 0 Å². The molecule has 0 spiro atoms. The van der Waals surface area contributed by atoms with Crippen LogP contribution in [0.25, 0.3) is 0 Å². The van der Waals surface area contributed by atoms with E-state index in [-0.39, 0.29) is 10.9 Å². The molecule has 1 aliphatic heterocycles. The van der Waals surface area contributed by atoms with Crippen LogP contribution in [0.1, 0.15) is 36.5 Å². The van der Waals surface area contributed by atoms with Crippen molar-refractivity contribution in [3.8, 4) is 0 Å². The minimum Gasteiger partial charge on any atom is -0.390 e. The first-order valence-electron chi connectivity index (χ1n) is 7.16. The van der Waals surface area contributed by atoms with Gasteiger partial charge in [0, 0.05) is 19.3 Å². The molecule has 2 heterocycles. The fraction of sp³-hybridized carbons (Fsp3) is 0.571. The van der Waals surface area contributed by atoms with Gasteiger partial charge in [-0.2, -0.15) is 0 Å². The van der Waals surface area contributed by atoms with E-state index in [1.54, 1.807) is 11.8 Å². The first-order chi connectivity index (χ1) is 10.2. The molecule has 0 aliphatic carbocycles. The molecule has 1 aromatic rings. The van der Waals surface area contributed by atoms with Gasteiger partial charge in [0.05, 0.1) is 11.2 Å². The zero-order valence-electron chi connectivity index (χ0n) is 12.7. The summed E-state index contributed by atoms with van der Waals surface area (Å²) in [5.74, 6) is -0.196. The molecule has 2 rings (SSSR count). The van der Waals surface area contributed by atoms with E-state index in [0.717, 1.165) is 6.42 Å². The first kappa shape index (κ1) is 16.9. The number of hydrogen-bond acceptors (Lipinski definition) is 5. The molecule has 1 atom stereocenters. The molecular weight excluding hydrogens is 306 g/mol. The molecule has 0 radical (unpaired) electrons. The molecule has 1 unspecified atom stereocenters. The second-order valence-electron chi connectivity index (χ2n) is 5.74. The van der Waals surface area contributed by atoms with Crippen LogP contribution in [0, 0.1) is 0 Å². The van der Waals surface area contributed by atoms with Crippen molar-refractivity contribution in [1.29, 1.82) is 0 Å². The van der Waals surface area contributed by atoms with Crippen LogP contribution < -0.4 is 4.72 Å². The highest BCUT2D eigenvalue weighted by Crippen LogP contribution is 2.22. The summed E-state index contributed by atoms with van der Waals surface area (Å²) >= 11 is 0. The number of nitrogens with one attached hydrogen (secondary N) is 1. The molecule has 22 heavy (non-hydrogen) atoms. The number of hydrogen-bond donors (Lipinski definition) is 2. The number of aromatic nitrogens is 1. The third-order valence-corrected chi connectivity index (χ3v) is 5.21. The third-order valence-electron chi connectivity index (χ3n) is 3.88. The van der Waals surface area contributed by atoms with Gasteiger partial charge < -0.3 is 10.0 Å². The Kier molecular flexibility index (Phi) is 4.84. The topological polar surface area (TPSA) is 99.6 Å². The third kappa shape index (κ3) is 3.82. The Hall–Kier alpha value is -1.51. The van der Waals surface area contributed by atoms with Gasteiger partial charge in [0.15, 0.2) is 5.03 Å². The lowest BCUT2D eigenvalue weighted by Crippen LogP contribution is -2.33. The molecule has 0 bridgehead atoms. The van der Waals surface area contributed by atoms with Gasteiger partial charge in [-0.05, 0) is 45.4 Å². The second-order valence-corrected chi connectivity index (χ2v) is 7.57. The summed E-state index contributed by atoms with van der Waals surface area (Å²) in [7, 11) is -2.30. The SMILES string of the molecule is CNS(=O)(=O)c1ccc(C(=O)N2CCCC(C)(O)CC2)cn1. The van der Waals surface area contributed by atoms with Crippen molar-refractivity contribution in [2.45, 2.75) is 36.8 Å². The van der Waals surface area contributed by atoms with Crippen molar-refractivity contribution >= 4 is 15.9 Å². The normalized spacial score (nSPS) is 23.1. The Labute approximate surface area is 130 Å². The zero-order valence-corrected chi connectivity index (χ0v) is 13.6. The molecular formula is C14H21N3O4S. The van der Waals surface area contributed by atoms with Crippen molar-refractivity contribution in [2.75, 3.05) is 20.1 Å². The van der Waals surface area contributed by atoms with E-state index in [4.69, 9.17) is 0 Å². The average molecular weight is 327 g/mol. The lowest BCUT2D eigenvalue weighted by Gasteiger charge is -2.22. The smallest absolute Gasteiger partial charge is 0.257 e. The van der Waals surface area contributed by atoms with Crippen molar-refractivity contribution in [1.82, 2.24) is 14.6 Å². The predicted octanol–water partition coefficient (Wildman–Crippen LogP) is 0.367. The highest BCUT2D eigenvalue weighted by molar-refractivity contribution is 7.89. The summed E-state index contributed by atoms with van der Waals surface area (Å²) in [6.07, 6.45) is 3.20. The average Bonchev–Trinajstić information content (AvgIpc) is 2.67. The largest absolute Gasteiger partial charge is 0.390 e.